The highest BCUT2D eigenvalue weighted by atomic mass is 16.6. The van der Waals surface area contributed by atoms with E-state index in [2.05, 4.69) is 48.3 Å². The zero-order valence-corrected chi connectivity index (χ0v) is 44.9. The molecule has 404 valence electrons. The molecule has 1 aromatic carbocycles. The van der Waals surface area contributed by atoms with Crippen molar-refractivity contribution in [3.8, 4) is 11.4 Å². The molecule has 0 aliphatic carbocycles. The van der Waals surface area contributed by atoms with Crippen LogP contribution in [0.25, 0.3) is 22.3 Å². The standard InChI is InChI=1S/C55H78N8O11/c1-9-53(27-39(4)5,35-71-37-54(10-2,38-73-40(6)7)36-70-32-44-30-62(60-58-44)21-22-68-24-23-67-8)34-69-31-43-29-61(59-57-43)20-16-12-13-19-49(64)74-55(11-3)46-26-48-50-42(25-41-17-14-15-18-47(41)56-50)28-63(48)51(65)45(46)33-72-52(55)66/h14-15,17-18,25-26,29-30,39-40H,9-13,16,19-24,27-28,31-38H2,1-8H3/t53?,54?,55-/m0/s1. The summed E-state index contributed by atoms with van der Waals surface area (Å²) in [6.45, 7) is 20.7. The van der Waals surface area contributed by atoms with Crippen molar-refractivity contribution in [2.45, 2.75) is 151 Å². The third kappa shape index (κ3) is 14.1. The zero-order chi connectivity index (χ0) is 52.7. The van der Waals surface area contributed by atoms with E-state index in [0.717, 1.165) is 53.5 Å². The number of pyridine rings is 2. The van der Waals surface area contributed by atoms with Gasteiger partial charge in [0.05, 0.1) is 120 Å². The molecule has 6 heterocycles. The molecular weight excluding hydrogens is 949 g/mol. The first-order valence-corrected chi connectivity index (χ1v) is 26.5. The summed E-state index contributed by atoms with van der Waals surface area (Å²) < 4.78 is 52.9. The molecule has 7 rings (SSSR count). The molecule has 0 saturated carbocycles. The van der Waals surface area contributed by atoms with Gasteiger partial charge in [-0.2, -0.15) is 0 Å². The highest BCUT2D eigenvalue weighted by Gasteiger charge is 2.50. The molecule has 2 unspecified atom stereocenters. The number of aromatic nitrogens is 8. The number of fused-ring (bicyclic) bond motifs is 5. The maximum atomic E-state index is 13.9. The summed E-state index contributed by atoms with van der Waals surface area (Å²) in [6, 6.07) is 11.6. The van der Waals surface area contributed by atoms with Crippen LogP contribution in [-0.4, -0.2) is 118 Å². The van der Waals surface area contributed by atoms with Gasteiger partial charge in [0.15, 0.2) is 0 Å². The summed E-state index contributed by atoms with van der Waals surface area (Å²) in [5.74, 6) is -0.778. The van der Waals surface area contributed by atoms with Gasteiger partial charge in [0, 0.05) is 47.4 Å². The van der Waals surface area contributed by atoms with E-state index in [4.69, 9.17) is 42.9 Å². The van der Waals surface area contributed by atoms with Crippen molar-refractivity contribution >= 4 is 22.8 Å². The molecule has 0 amide bonds. The number of carbonyl (C=O) groups excluding carboxylic acids is 2. The number of esters is 2. The Morgan fingerprint density at radius 3 is 2.18 bits per heavy atom. The fourth-order valence-corrected chi connectivity index (χ4v) is 9.85. The number of nitrogens with zero attached hydrogens (tertiary/aromatic N) is 8. The predicted octanol–water partition coefficient (Wildman–Crippen LogP) is 7.75. The Morgan fingerprint density at radius 2 is 1.49 bits per heavy atom. The molecule has 74 heavy (non-hydrogen) atoms. The highest BCUT2D eigenvalue weighted by Crippen LogP contribution is 2.41. The number of rotatable bonds is 33. The van der Waals surface area contributed by atoms with E-state index in [-0.39, 0.29) is 41.9 Å². The second-order valence-corrected chi connectivity index (χ2v) is 20.7. The number of benzene rings is 1. The van der Waals surface area contributed by atoms with Gasteiger partial charge in [-0.15, -0.1) is 10.2 Å². The molecule has 19 nitrogen and oxygen atoms in total. The number of hydrogen-bond acceptors (Lipinski definition) is 16. The van der Waals surface area contributed by atoms with Gasteiger partial charge in [-0.3, -0.25) is 14.3 Å². The first-order chi connectivity index (χ1) is 35.7. The highest BCUT2D eigenvalue weighted by molar-refractivity contribution is 5.88. The van der Waals surface area contributed by atoms with Gasteiger partial charge in [-0.25, -0.2) is 14.5 Å². The van der Waals surface area contributed by atoms with E-state index in [0.29, 0.717) is 127 Å². The summed E-state index contributed by atoms with van der Waals surface area (Å²) in [5, 5.41) is 18.2. The van der Waals surface area contributed by atoms with Gasteiger partial charge >= 0.3 is 11.9 Å². The second-order valence-electron chi connectivity index (χ2n) is 20.7. The number of unbranched alkanes of at least 4 members (excludes halogenated alkanes) is 2. The Labute approximate surface area is 434 Å². The molecule has 4 aromatic heterocycles. The van der Waals surface area contributed by atoms with Crippen LogP contribution in [-0.2, 0) is 92.5 Å². The normalized spacial score (nSPS) is 16.8. The summed E-state index contributed by atoms with van der Waals surface area (Å²) in [6.07, 6.45) is 8.66. The lowest BCUT2D eigenvalue weighted by atomic mass is 9.79. The quantitative estimate of drug-likeness (QED) is 0.0285. The number of cyclic esters (lactones) is 1. The maximum absolute atomic E-state index is 13.9. The van der Waals surface area contributed by atoms with Crippen LogP contribution in [0.5, 0.6) is 0 Å². The fraction of sp³-hybridized carbons (Fsp3) is 0.636. The van der Waals surface area contributed by atoms with Crippen molar-refractivity contribution in [3.05, 3.63) is 87.2 Å². The lowest BCUT2D eigenvalue weighted by molar-refractivity contribution is -0.189. The van der Waals surface area contributed by atoms with Crippen LogP contribution < -0.4 is 5.56 Å². The van der Waals surface area contributed by atoms with Gasteiger partial charge in [0.2, 0.25) is 5.60 Å². The van der Waals surface area contributed by atoms with Crippen molar-refractivity contribution in [2.75, 3.05) is 60.0 Å². The molecule has 0 saturated heterocycles. The number of hydrogen-bond donors (Lipinski definition) is 0. The van der Waals surface area contributed by atoms with Crippen LogP contribution in [0.1, 0.15) is 128 Å². The Morgan fingerprint density at radius 1 is 0.797 bits per heavy atom. The first-order valence-electron chi connectivity index (χ1n) is 26.5. The number of ether oxygens (including phenoxy) is 8. The van der Waals surface area contributed by atoms with Gasteiger partial charge in [0.25, 0.3) is 5.56 Å². The molecule has 2 aliphatic rings. The maximum Gasteiger partial charge on any atom is 0.355 e. The number of para-hydroxylation sites is 1. The van der Waals surface area contributed by atoms with E-state index in [1.165, 1.54) is 0 Å². The fourth-order valence-electron chi connectivity index (χ4n) is 9.85. The first kappa shape index (κ1) is 56.3. The third-order valence-electron chi connectivity index (χ3n) is 14.2. The number of aryl methyl sites for hydroxylation is 1. The third-order valence-corrected chi connectivity index (χ3v) is 14.2. The zero-order valence-electron chi connectivity index (χ0n) is 44.9. The molecule has 0 bridgehead atoms. The molecule has 0 fully saturated rings. The Balaban J connectivity index is 0.867. The minimum atomic E-state index is -1.73. The minimum absolute atomic E-state index is 0.0624. The van der Waals surface area contributed by atoms with Gasteiger partial charge < -0.3 is 42.5 Å². The number of carbonyl (C=O) groups is 2. The summed E-state index contributed by atoms with van der Waals surface area (Å²) in [7, 11) is 1.65. The Bertz CT molecular complexity index is 2680. The van der Waals surface area contributed by atoms with Crippen molar-refractivity contribution < 1.29 is 47.5 Å². The monoisotopic (exact) mass is 1030 g/mol. The van der Waals surface area contributed by atoms with E-state index < -0.39 is 17.5 Å². The van der Waals surface area contributed by atoms with Crippen molar-refractivity contribution in [1.82, 2.24) is 39.5 Å². The molecule has 0 spiro atoms. The topological polar surface area (TPSA) is 204 Å². The molecule has 0 N–H and O–H groups in total. The SMILES string of the molecule is CCC(COCc1cn(CCOCCOC)nn1)(COCC(CC)(COCc1cn(CCCCCC(=O)O[C@]2(CC)C(=O)OCc3c2cc2n(c3=O)Cc3cc4ccccc4nc3-2)nn1)CC(C)C)COC(C)C. The molecule has 0 radical (unpaired) electrons. The summed E-state index contributed by atoms with van der Waals surface area (Å²) in [5.41, 5.74) is 2.58. The lowest BCUT2D eigenvalue weighted by Crippen LogP contribution is -2.47. The van der Waals surface area contributed by atoms with E-state index in [1.807, 2.05) is 56.6 Å². The van der Waals surface area contributed by atoms with Gasteiger partial charge in [0.1, 0.15) is 18.0 Å². The van der Waals surface area contributed by atoms with Gasteiger partial charge in [-0.1, -0.05) is 69.7 Å². The summed E-state index contributed by atoms with van der Waals surface area (Å²) in [4.78, 5) is 45.8. The Hall–Kier alpha value is -5.44. The van der Waals surface area contributed by atoms with E-state index in [1.54, 1.807) is 34.0 Å². The predicted molar refractivity (Wildman–Crippen MR) is 276 cm³/mol. The molecule has 19 heteroatoms. The Kier molecular flexibility index (Phi) is 20.1. The van der Waals surface area contributed by atoms with Crippen LogP contribution in [0.2, 0.25) is 0 Å². The van der Waals surface area contributed by atoms with Crippen molar-refractivity contribution in [2.24, 2.45) is 16.7 Å². The van der Waals surface area contributed by atoms with Gasteiger partial charge in [-0.05, 0) is 76.5 Å². The molecular formula is C55H78N8O11. The smallest absolute Gasteiger partial charge is 0.355 e. The van der Waals surface area contributed by atoms with Crippen molar-refractivity contribution in [1.29, 1.82) is 0 Å². The van der Waals surface area contributed by atoms with E-state index >= 15 is 0 Å². The average molecular weight is 1030 g/mol. The van der Waals surface area contributed by atoms with Crippen LogP contribution in [0.3, 0.4) is 0 Å². The number of methoxy groups -OCH3 is 1. The molecule has 2 aliphatic heterocycles. The average Bonchev–Trinajstić information content (AvgIpc) is 4.14. The molecule has 5 aromatic rings. The van der Waals surface area contributed by atoms with Crippen LogP contribution in [0, 0.1) is 16.7 Å². The second kappa shape index (κ2) is 26.4. The van der Waals surface area contributed by atoms with Crippen molar-refractivity contribution in [3.63, 3.8) is 0 Å². The summed E-state index contributed by atoms with van der Waals surface area (Å²) >= 11 is 0. The van der Waals surface area contributed by atoms with Crippen LogP contribution >= 0.6 is 0 Å². The van der Waals surface area contributed by atoms with Crippen LogP contribution in [0.15, 0.2) is 53.6 Å². The largest absolute Gasteiger partial charge is 0.457 e. The van der Waals surface area contributed by atoms with Crippen LogP contribution in [0.4, 0.5) is 0 Å². The minimum Gasteiger partial charge on any atom is -0.457 e. The lowest BCUT2D eigenvalue weighted by Gasteiger charge is -2.37. The van der Waals surface area contributed by atoms with E-state index in [9.17, 15) is 14.4 Å². The molecule has 3 atom stereocenters.